The normalized spacial score (nSPS) is 20.5. The van der Waals surface area contributed by atoms with Crippen LogP contribution in [0.1, 0.15) is 18.5 Å². The molecule has 2 atom stereocenters. The Kier molecular flexibility index (Phi) is 4.28. The second-order valence-electron chi connectivity index (χ2n) is 5.37. The summed E-state index contributed by atoms with van der Waals surface area (Å²) >= 11 is 12.2. The molecule has 0 unspecified atom stereocenters. The zero-order chi connectivity index (χ0) is 16.6. The molecule has 2 aromatic carbocycles. The molecule has 1 N–H and O–H groups in total. The van der Waals surface area contributed by atoms with Crippen LogP contribution in [0.25, 0.3) is 0 Å². The fourth-order valence-electron chi connectivity index (χ4n) is 2.80. The maximum Gasteiger partial charge on any atom is 0.352 e. The van der Waals surface area contributed by atoms with Crippen LogP contribution >= 0.6 is 23.2 Å². The Balaban J connectivity index is 2.10. The van der Waals surface area contributed by atoms with E-state index in [2.05, 4.69) is 5.10 Å². The summed E-state index contributed by atoms with van der Waals surface area (Å²) in [5.74, 6) is -1.31. The Bertz CT molecular complexity index is 774. The summed E-state index contributed by atoms with van der Waals surface area (Å²) in [6.45, 7) is 1.85. The van der Waals surface area contributed by atoms with E-state index in [0.29, 0.717) is 15.7 Å². The lowest BCUT2D eigenvalue weighted by molar-refractivity contribution is -0.129. The zero-order valence-corrected chi connectivity index (χ0v) is 13.8. The van der Waals surface area contributed by atoms with E-state index in [4.69, 9.17) is 23.2 Å². The van der Waals surface area contributed by atoms with E-state index < -0.39 is 5.97 Å². The third-order valence-corrected chi connectivity index (χ3v) is 4.49. The van der Waals surface area contributed by atoms with Crippen molar-refractivity contribution >= 4 is 40.6 Å². The number of aliphatic carboxylic acids is 1. The summed E-state index contributed by atoms with van der Waals surface area (Å²) in [5.41, 5.74) is 1.73. The minimum atomic E-state index is -1.02. The van der Waals surface area contributed by atoms with Gasteiger partial charge in [0.05, 0.1) is 16.8 Å². The number of rotatable bonds is 3. The first-order valence-corrected chi connectivity index (χ1v) is 7.85. The van der Waals surface area contributed by atoms with E-state index in [9.17, 15) is 9.90 Å². The van der Waals surface area contributed by atoms with Gasteiger partial charge in [-0.1, -0.05) is 54.4 Å². The van der Waals surface area contributed by atoms with Gasteiger partial charge in [-0.15, -0.1) is 0 Å². The number of nitrogens with zero attached hydrogens (tertiary/aromatic N) is 2. The number of anilines is 1. The van der Waals surface area contributed by atoms with E-state index in [0.717, 1.165) is 5.56 Å². The van der Waals surface area contributed by atoms with Gasteiger partial charge in [-0.05, 0) is 29.8 Å². The highest BCUT2D eigenvalue weighted by Crippen LogP contribution is 2.41. The Hall–Kier alpha value is -2.04. The molecule has 1 aliphatic heterocycles. The zero-order valence-electron chi connectivity index (χ0n) is 12.3. The SMILES string of the molecule is C[C@H]1C(C(=O)O)=NN(c2ccccc2Cl)[C@@H]1c1ccc(Cl)cc1. The predicted molar refractivity (Wildman–Crippen MR) is 92.4 cm³/mol. The number of para-hydroxylation sites is 1. The molecule has 1 heterocycles. The molecule has 0 aromatic heterocycles. The fraction of sp³-hybridized carbons (Fsp3) is 0.176. The van der Waals surface area contributed by atoms with Crippen molar-refractivity contribution < 1.29 is 9.90 Å². The Labute approximate surface area is 143 Å². The van der Waals surface area contributed by atoms with Crippen LogP contribution in [0.5, 0.6) is 0 Å². The van der Waals surface area contributed by atoms with Crippen molar-refractivity contribution in [2.75, 3.05) is 5.01 Å². The first-order chi connectivity index (χ1) is 11.0. The van der Waals surface area contributed by atoms with Crippen LogP contribution in [0, 0.1) is 5.92 Å². The van der Waals surface area contributed by atoms with Crippen LogP contribution < -0.4 is 5.01 Å². The van der Waals surface area contributed by atoms with Crippen molar-refractivity contribution in [3.8, 4) is 0 Å². The highest BCUT2D eigenvalue weighted by molar-refractivity contribution is 6.38. The van der Waals surface area contributed by atoms with E-state index in [-0.39, 0.29) is 17.7 Å². The summed E-state index contributed by atoms with van der Waals surface area (Å²) in [6.07, 6.45) is 0. The molecular weight excluding hydrogens is 335 g/mol. The molecule has 0 saturated heterocycles. The molecular formula is C17H14Cl2N2O2. The molecule has 23 heavy (non-hydrogen) atoms. The number of hydrogen-bond donors (Lipinski definition) is 1. The van der Waals surface area contributed by atoms with Crippen molar-refractivity contribution in [3.63, 3.8) is 0 Å². The van der Waals surface area contributed by atoms with Crippen molar-refractivity contribution in [2.45, 2.75) is 13.0 Å². The monoisotopic (exact) mass is 348 g/mol. The quantitative estimate of drug-likeness (QED) is 0.879. The highest BCUT2D eigenvalue weighted by atomic mass is 35.5. The van der Waals surface area contributed by atoms with Gasteiger partial charge in [0.15, 0.2) is 5.71 Å². The average Bonchev–Trinajstić information content (AvgIpc) is 2.86. The second kappa shape index (κ2) is 6.22. The van der Waals surface area contributed by atoms with Gasteiger partial charge in [0.25, 0.3) is 0 Å². The molecule has 0 radical (unpaired) electrons. The lowest BCUT2D eigenvalue weighted by Crippen LogP contribution is -2.26. The molecule has 0 amide bonds. The van der Waals surface area contributed by atoms with Gasteiger partial charge >= 0.3 is 5.97 Å². The largest absolute Gasteiger partial charge is 0.477 e. The van der Waals surface area contributed by atoms with E-state index in [1.807, 2.05) is 37.3 Å². The highest BCUT2D eigenvalue weighted by Gasteiger charge is 2.39. The molecule has 3 rings (SSSR count). The van der Waals surface area contributed by atoms with Crippen molar-refractivity contribution in [2.24, 2.45) is 11.0 Å². The molecule has 4 nitrogen and oxygen atoms in total. The standard InChI is InChI=1S/C17H14Cl2N2O2/c1-10-15(17(22)23)20-21(14-5-3-2-4-13(14)19)16(10)11-6-8-12(18)9-7-11/h2-10,16H,1H3,(H,22,23)/t10-,16-/m0/s1. The fourth-order valence-corrected chi connectivity index (χ4v) is 3.15. The van der Waals surface area contributed by atoms with Gasteiger partial charge in [0, 0.05) is 10.9 Å². The van der Waals surface area contributed by atoms with Crippen molar-refractivity contribution in [1.29, 1.82) is 0 Å². The molecule has 0 saturated carbocycles. The molecule has 2 aromatic rings. The van der Waals surface area contributed by atoms with Crippen molar-refractivity contribution in [3.05, 3.63) is 64.1 Å². The average molecular weight is 349 g/mol. The molecule has 1 aliphatic rings. The maximum absolute atomic E-state index is 11.5. The van der Waals surface area contributed by atoms with Gasteiger partial charge in [-0.3, -0.25) is 5.01 Å². The topological polar surface area (TPSA) is 52.9 Å². The summed E-state index contributed by atoms with van der Waals surface area (Å²) in [6, 6.07) is 14.3. The number of hydrogen-bond acceptors (Lipinski definition) is 3. The minimum absolute atomic E-state index is 0.116. The van der Waals surface area contributed by atoms with Crippen LogP contribution in [0.15, 0.2) is 53.6 Å². The molecule has 6 heteroatoms. The Morgan fingerprint density at radius 3 is 2.39 bits per heavy atom. The number of carboxylic acids is 1. The van der Waals surface area contributed by atoms with Gasteiger partial charge in [0.2, 0.25) is 0 Å². The lowest BCUT2D eigenvalue weighted by atomic mass is 9.91. The Morgan fingerprint density at radius 2 is 1.78 bits per heavy atom. The van der Waals surface area contributed by atoms with Crippen LogP contribution in [0.2, 0.25) is 10.0 Å². The molecule has 0 aliphatic carbocycles. The summed E-state index contributed by atoms with van der Waals surface area (Å²) < 4.78 is 0. The molecule has 0 spiro atoms. The van der Waals surface area contributed by atoms with Gasteiger partial charge < -0.3 is 5.11 Å². The van der Waals surface area contributed by atoms with Crippen LogP contribution in [-0.4, -0.2) is 16.8 Å². The maximum atomic E-state index is 11.5. The molecule has 0 fully saturated rings. The number of halogens is 2. The number of hydrazone groups is 1. The third kappa shape index (κ3) is 2.92. The number of benzene rings is 2. The third-order valence-electron chi connectivity index (χ3n) is 3.91. The predicted octanol–water partition coefficient (Wildman–Crippen LogP) is 4.63. The van der Waals surface area contributed by atoms with E-state index in [1.165, 1.54) is 0 Å². The smallest absolute Gasteiger partial charge is 0.352 e. The van der Waals surface area contributed by atoms with E-state index in [1.54, 1.807) is 23.2 Å². The van der Waals surface area contributed by atoms with Crippen LogP contribution in [0.4, 0.5) is 5.69 Å². The van der Waals surface area contributed by atoms with E-state index >= 15 is 0 Å². The van der Waals surface area contributed by atoms with Crippen LogP contribution in [0.3, 0.4) is 0 Å². The summed E-state index contributed by atoms with van der Waals surface area (Å²) in [7, 11) is 0. The van der Waals surface area contributed by atoms with Gasteiger partial charge in [-0.25, -0.2) is 4.79 Å². The number of carbonyl (C=O) groups is 1. The van der Waals surface area contributed by atoms with Gasteiger partial charge in [0.1, 0.15) is 0 Å². The summed E-state index contributed by atoms with van der Waals surface area (Å²) in [4.78, 5) is 11.5. The summed E-state index contributed by atoms with van der Waals surface area (Å²) in [5, 5.41) is 16.6. The minimum Gasteiger partial charge on any atom is -0.477 e. The second-order valence-corrected chi connectivity index (χ2v) is 6.22. The molecule has 0 bridgehead atoms. The van der Waals surface area contributed by atoms with Crippen molar-refractivity contribution in [1.82, 2.24) is 0 Å². The molecule has 118 valence electrons. The Morgan fingerprint density at radius 1 is 1.13 bits per heavy atom. The first kappa shape index (κ1) is 15.8. The number of carboxylic acid groups (broad SMARTS) is 1. The lowest BCUT2D eigenvalue weighted by Gasteiger charge is -2.27. The van der Waals surface area contributed by atoms with Crippen LogP contribution in [-0.2, 0) is 4.79 Å². The van der Waals surface area contributed by atoms with Gasteiger partial charge in [-0.2, -0.15) is 5.10 Å². The first-order valence-electron chi connectivity index (χ1n) is 7.10.